The molecule has 0 spiro atoms. The van der Waals surface area contributed by atoms with Crippen LogP contribution in [0.25, 0.3) is 10.9 Å². The predicted molar refractivity (Wildman–Crippen MR) is 119 cm³/mol. The number of aliphatic hydroxyl groups is 1. The predicted octanol–water partition coefficient (Wildman–Crippen LogP) is 4.11. The topological polar surface area (TPSA) is 45.6 Å². The number of rotatable bonds is 2. The highest BCUT2D eigenvalue weighted by atomic mass is 79.9. The van der Waals surface area contributed by atoms with Gasteiger partial charge in [0.15, 0.2) is 0 Å². The summed E-state index contributed by atoms with van der Waals surface area (Å²) in [6, 6.07) is 16.6. The maximum atomic E-state index is 12.1. The Kier molecular flexibility index (Phi) is 4.46. The van der Waals surface area contributed by atoms with Crippen LogP contribution in [-0.4, -0.2) is 47.8 Å². The number of piperidine rings is 1. The summed E-state index contributed by atoms with van der Waals surface area (Å²) in [5.41, 5.74) is 3.18. The zero-order valence-corrected chi connectivity index (χ0v) is 18.4. The van der Waals surface area contributed by atoms with E-state index in [4.69, 9.17) is 9.72 Å². The van der Waals surface area contributed by atoms with Gasteiger partial charge in [0.25, 0.3) is 0 Å². The van der Waals surface area contributed by atoms with Crippen molar-refractivity contribution in [3.05, 3.63) is 69.8 Å². The van der Waals surface area contributed by atoms with Crippen LogP contribution in [0.2, 0.25) is 0 Å². The van der Waals surface area contributed by atoms with Gasteiger partial charge in [0.2, 0.25) is 0 Å². The van der Waals surface area contributed by atoms with Gasteiger partial charge >= 0.3 is 0 Å². The zero-order valence-electron chi connectivity index (χ0n) is 16.8. The number of pyridine rings is 1. The maximum absolute atomic E-state index is 12.1. The molecule has 1 N–H and O–H groups in total. The molecule has 1 fully saturated rings. The van der Waals surface area contributed by atoms with Crippen LogP contribution in [-0.2, 0) is 18.3 Å². The number of likely N-dealkylation sites (tertiary alicyclic amines) is 1. The summed E-state index contributed by atoms with van der Waals surface area (Å²) in [5.74, 6) is 0.832. The van der Waals surface area contributed by atoms with Gasteiger partial charge in [0.1, 0.15) is 5.75 Å². The van der Waals surface area contributed by atoms with Crippen molar-refractivity contribution >= 4 is 26.8 Å². The van der Waals surface area contributed by atoms with Gasteiger partial charge in [0, 0.05) is 40.4 Å². The summed E-state index contributed by atoms with van der Waals surface area (Å²) in [7, 11) is 3.79. The molecule has 1 aliphatic heterocycles. The number of hydrogen-bond acceptors (Lipinski definition) is 4. The van der Waals surface area contributed by atoms with E-state index in [-0.39, 0.29) is 5.41 Å². The van der Waals surface area contributed by atoms with Crippen LogP contribution < -0.4 is 4.74 Å². The molecule has 1 aromatic heterocycles. The Morgan fingerprint density at radius 1 is 1.14 bits per heavy atom. The van der Waals surface area contributed by atoms with E-state index in [0.717, 1.165) is 57.3 Å². The Balaban J connectivity index is 1.72. The van der Waals surface area contributed by atoms with E-state index in [0.29, 0.717) is 13.0 Å². The first-order chi connectivity index (χ1) is 13.9. The third-order valence-electron chi connectivity index (χ3n) is 6.88. The average molecular weight is 453 g/mol. The van der Waals surface area contributed by atoms with Crippen molar-refractivity contribution in [3.63, 3.8) is 0 Å². The minimum absolute atomic E-state index is 0.372. The molecule has 5 heteroatoms. The van der Waals surface area contributed by atoms with E-state index in [2.05, 4.69) is 52.1 Å². The quantitative estimate of drug-likeness (QED) is 0.635. The van der Waals surface area contributed by atoms with E-state index in [9.17, 15) is 5.11 Å². The van der Waals surface area contributed by atoms with Gasteiger partial charge in [-0.3, -0.25) is 4.98 Å². The van der Waals surface area contributed by atoms with Crippen LogP contribution in [0.15, 0.2) is 53.0 Å². The molecule has 0 radical (unpaired) electrons. The van der Waals surface area contributed by atoms with E-state index < -0.39 is 5.60 Å². The highest BCUT2D eigenvalue weighted by Gasteiger charge is 2.57. The van der Waals surface area contributed by atoms with Gasteiger partial charge in [0.05, 0.1) is 18.2 Å². The first-order valence-corrected chi connectivity index (χ1v) is 10.9. The van der Waals surface area contributed by atoms with Crippen LogP contribution in [0, 0.1) is 0 Å². The molecule has 0 amide bonds. The largest absolute Gasteiger partial charge is 0.497 e. The van der Waals surface area contributed by atoms with Crippen LogP contribution in [0.1, 0.15) is 23.2 Å². The van der Waals surface area contributed by atoms with Crippen LogP contribution in [0.4, 0.5) is 0 Å². The number of aromatic nitrogens is 1. The van der Waals surface area contributed by atoms with Gasteiger partial charge in [-0.15, -0.1) is 0 Å². The Labute approximate surface area is 179 Å². The molecular formula is C24H25BrN2O2. The number of methoxy groups -OCH3 is 1. The number of benzene rings is 2. The molecule has 3 aromatic rings. The van der Waals surface area contributed by atoms with E-state index in [1.807, 2.05) is 24.3 Å². The summed E-state index contributed by atoms with van der Waals surface area (Å²) in [5, 5.41) is 13.2. The molecule has 0 bridgehead atoms. The highest BCUT2D eigenvalue weighted by Crippen LogP contribution is 2.50. The maximum Gasteiger partial charge on any atom is 0.119 e. The lowest BCUT2D eigenvalue weighted by molar-refractivity contribution is -0.0976. The van der Waals surface area contributed by atoms with Gasteiger partial charge in [-0.2, -0.15) is 0 Å². The lowest BCUT2D eigenvalue weighted by atomic mass is 9.56. The van der Waals surface area contributed by atoms with Gasteiger partial charge in [-0.1, -0.05) is 24.3 Å². The van der Waals surface area contributed by atoms with Crippen molar-refractivity contribution in [1.82, 2.24) is 9.88 Å². The second-order valence-electron chi connectivity index (χ2n) is 8.59. The molecule has 29 heavy (non-hydrogen) atoms. The fourth-order valence-corrected chi connectivity index (χ4v) is 5.83. The third-order valence-corrected chi connectivity index (χ3v) is 7.52. The molecule has 2 aliphatic rings. The standard InChI is InChI=1S/C24H25BrN2O2/c1-27-10-9-23(18-6-4-7-19(12-18)29-2)14-21-17(13-24(23,28)15-27)11-16-5-3-8-20(25)22(16)26-21/h3-8,11-12,28H,9-10,13-15H2,1-2H3/t23-,24-/m0/s1. The fourth-order valence-electron chi connectivity index (χ4n) is 5.36. The molecule has 0 saturated carbocycles. The average Bonchev–Trinajstić information content (AvgIpc) is 2.71. The van der Waals surface area contributed by atoms with Crippen molar-refractivity contribution in [2.24, 2.45) is 0 Å². The van der Waals surface area contributed by atoms with Crippen molar-refractivity contribution in [2.45, 2.75) is 30.3 Å². The molecular weight excluding hydrogens is 428 g/mol. The summed E-state index contributed by atoms with van der Waals surface area (Å²) >= 11 is 3.65. The first-order valence-electron chi connectivity index (χ1n) is 10.1. The Morgan fingerprint density at radius 2 is 1.97 bits per heavy atom. The summed E-state index contributed by atoms with van der Waals surface area (Å²) in [6.07, 6.45) is 2.23. The molecule has 2 aromatic carbocycles. The summed E-state index contributed by atoms with van der Waals surface area (Å²) in [6.45, 7) is 1.60. The number of halogens is 1. The summed E-state index contributed by atoms with van der Waals surface area (Å²) < 4.78 is 6.52. The lowest BCUT2D eigenvalue weighted by Gasteiger charge is -2.56. The van der Waals surface area contributed by atoms with E-state index >= 15 is 0 Å². The number of para-hydroxylation sites is 1. The van der Waals surface area contributed by atoms with Crippen molar-refractivity contribution in [2.75, 3.05) is 27.2 Å². The Bertz CT molecular complexity index is 1100. The molecule has 5 rings (SSSR count). The first kappa shape index (κ1) is 19.0. The van der Waals surface area contributed by atoms with Crippen molar-refractivity contribution < 1.29 is 9.84 Å². The monoisotopic (exact) mass is 452 g/mol. The molecule has 4 nitrogen and oxygen atoms in total. The van der Waals surface area contributed by atoms with Gasteiger partial charge < -0.3 is 14.7 Å². The van der Waals surface area contributed by atoms with Crippen molar-refractivity contribution in [3.8, 4) is 5.75 Å². The molecule has 2 atom stereocenters. The molecule has 0 unspecified atom stereocenters. The van der Waals surface area contributed by atoms with Crippen LogP contribution in [0.5, 0.6) is 5.75 Å². The number of hydrogen-bond donors (Lipinski definition) is 1. The Hall–Kier alpha value is -1.95. The van der Waals surface area contributed by atoms with E-state index in [1.54, 1.807) is 7.11 Å². The third kappa shape index (κ3) is 2.90. The van der Waals surface area contributed by atoms with Gasteiger partial charge in [-0.05, 0) is 71.3 Å². The number of β-amino-alcohol motifs (C(OH)–C–C–N with tert-alkyl or cyclic N) is 1. The molecule has 1 saturated heterocycles. The number of likely N-dealkylation sites (N-methyl/N-ethyl adjacent to an activating group) is 1. The number of nitrogens with zero attached hydrogens (tertiary/aromatic N) is 2. The second kappa shape index (κ2) is 6.79. The molecule has 1 aliphatic carbocycles. The lowest BCUT2D eigenvalue weighted by Crippen LogP contribution is -2.66. The highest BCUT2D eigenvalue weighted by molar-refractivity contribution is 9.10. The van der Waals surface area contributed by atoms with Crippen molar-refractivity contribution in [1.29, 1.82) is 0 Å². The minimum Gasteiger partial charge on any atom is -0.497 e. The fraction of sp³-hybridized carbons (Fsp3) is 0.375. The van der Waals surface area contributed by atoms with Crippen LogP contribution >= 0.6 is 15.9 Å². The minimum atomic E-state index is -0.846. The number of fused-ring (bicyclic) bond motifs is 3. The SMILES string of the molecule is COc1cccc([C@@]23CCN(C)C[C@@]2(O)Cc2cc4cccc(Br)c4nc2C3)c1. The molecule has 150 valence electrons. The smallest absolute Gasteiger partial charge is 0.119 e. The Morgan fingerprint density at radius 3 is 2.79 bits per heavy atom. The molecule has 2 heterocycles. The van der Waals surface area contributed by atoms with Gasteiger partial charge in [-0.25, -0.2) is 0 Å². The van der Waals surface area contributed by atoms with Crippen LogP contribution in [0.3, 0.4) is 0 Å². The normalized spacial score (nSPS) is 26.8. The van der Waals surface area contributed by atoms with E-state index in [1.165, 1.54) is 0 Å². The second-order valence-corrected chi connectivity index (χ2v) is 9.45. The number of ether oxygens (including phenoxy) is 1. The summed E-state index contributed by atoms with van der Waals surface area (Å²) in [4.78, 5) is 7.31. The zero-order chi connectivity index (χ0) is 20.2.